The maximum absolute atomic E-state index is 11.8. The molecule has 530 valence electrons. The van der Waals surface area contributed by atoms with Crippen LogP contribution in [0, 0.1) is 0 Å². The van der Waals surface area contributed by atoms with Crippen LogP contribution in [0.25, 0.3) is 0 Å². The Kier molecular flexibility index (Phi) is 79.9. The summed E-state index contributed by atoms with van der Waals surface area (Å²) in [6, 6.07) is -0.797. The summed E-state index contributed by atoms with van der Waals surface area (Å²) >= 11 is 7.17. The number of alkyl halides is 4. The topological polar surface area (TPSA) is 183 Å². The lowest BCUT2D eigenvalue weighted by Gasteiger charge is -2.12. The van der Waals surface area contributed by atoms with Crippen LogP contribution in [0.3, 0.4) is 0 Å². The minimum absolute atomic E-state index is 0. The molecule has 0 unspecified atom stereocenters. The summed E-state index contributed by atoms with van der Waals surface area (Å²) in [4.78, 5) is 43.9. The molecule has 0 bridgehead atoms. The third-order valence-electron chi connectivity index (χ3n) is 13.9. The molecule has 89 heavy (non-hydrogen) atoms. The van der Waals surface area contributed by atoms with Crippen molar-refractivity contribution in [2.75, 3.05) is 37.2 Å². The van der Waals surface area contributed by atoms with Crippen molar-refractivity contribution in [2.45, 2.75) is 326 Å². The van der Waals surface area contributed by atoms with E-state index in [-0.39, 0.29) is 50.5 Å². The van der Waals surface area contributed by atoms with Crippen LogP contribution in [0.5, 0.6) is 0 Å². The van der Waals surface area contributed by atoms with Gasteiger partial charge in [0, 0.05) is 31.8 Å². The van der Waals surface area contributed by atoms with Crippen LogP contribution >= 0.6 is 47.3 Å². The molecule has 0 fully saturated rings. The molecule has 0 saturated heterocycles. The Morgan fingerprint density at radius 2 is 0.831 bits per heavy atom. The average molecular weight is 1450 g/mol. The summed E-state index contributed by atoms with van der Waals surface area (Å²) < 4.78 is 69.2. The number of esters is 2. The van der Waals surface area contributed by atoms with Crippen LogP contribution in [0.4, 0.5) is 13.2 Å². The SMILES string of the molecule is CCCCCCCCCC/C(C)=C/C(=O)OCC.CCCCCCCCCC/C(C)=C/CCl.CCCCCCCCCC/C(C)=C/CO.CCCCCCCCCC/C(C)=C/CSC[C@H](NC(C)=O)C(=O)O.CCOC(=O)/C=C(\C)OS(=O)(=O)C(F)(F)F.I.[HH]. The van der Waals surface area contributed by atoms with Gasteiger partial charge in [-0.05, 0) is 99.8 Å². The van der Waals surface area contributed by atoms with Gasteiger partial charge in [-0.3, -0.25) is 4.79 Å². The van der Waals surface area contributed by atoms with Gasteiger partial charge in [-0.1, -0.05) is 248 Å². The van der Waals surface area contributed by atoms with E-state index >= 15 is 0 Å². The van der Waals surface area contributed by atoms with Crippen LogP contribution < -0.4 is 5.32 Å². The Balaban J connectivity index is -0.000000193. The molecular formula is C70H132ClF3INO11S2. The third kappa shape index (κ3) is 79.6. The molecule has 0 aromatic heterocycles. The quantitative estimate of drug-likeness (QED) is 0.00604. The number of nitrogens with one attached hydrogen (secondary N) is 1. The largest absolute Gasteiger partial charge is 0.534 e. The maximum atomic E-state index is 11.8. The third-order valence-corrected chi connectivity index (χ3v) is 16.0. The lowest BCUT2D eigenvalue weighted by atomic mass is 10.0. The number of carboxylic acids is 1. The zero-order valence-electron chi connectivity index (χ0n) is 58.0. The van der Waals surface area contributed by atoms with Crippen LogP contribution in [0.2, 0.25) is 0 Å². The van der Waals surface area contributed by atoms with Crippen molar-refractivity contribution in [3.8, 4) is 0 Å². The van der Waals surface area contributed by atoms with Crippen molar-refractivity contribution in [2.24, 2.45) is 0 Å². The van der Waals surface area contributed by atoms with E-state index in [1.165, 1.54) is 242 Å². The van der Waals surface area contributed by atoms with Crippen LogP contribution in [-0.4, -0.2) is 91.2 Å². The van der Waals surface area contributed by atoms with Crippen molar-refractivity contribution in [1.82, 2.24) is 5.32 Å². The van der Waals surface area contributed by atoms with Gasteiger partial charge >= 0.3 is 33.5 Å². The second-order valence-electron chi connectivity index (χ2n) is 22.7. The minimum atomic E-state index is -5.73. The highest BCUT2D eigenvalue weighted by Crippen LogP contribution is 2.26. The summed E-state index contributed by atoms with van der Waals surface area (Å²) in [7, 11) is -5.73. The lowest BCUT2D eigenvalue weighted by Crippen LogP contribution is -2.41. The number of aliphatic hydroxyl groups excluding tert-OH is 1. The predicted octanol–water partition coefficient (Wildman–Crippen LogP) is 22.2. The highest BCUT2D eigenvalue weighted by atomic mass is 127. The van der Waals surface area contributed by atoms with E-state index in [4.69, 9.17) is 26.6 Å². The predicted molar refractivity (Wildman–Crippen MR) is 385 cm³/mol. The molecule has 0 aromatic rings. The standard InChI is InChI=1S/C19H35NO3S.C16H30O2.C14H27Cl.C14H28O.C7H9F3O5S.HI.H2/c1-4-5-6-7-8-9-10-11-12-16(2)13-14-24-15-18(19(22)23)20-17(3)21;1-4-6-7-8-9-10-11-12-13-15(3)14-16(17)18-5-2;2*1-3-4-5-6-7-8-9-10-11-14(2)12-13-15;1-3-14-6(11)4-5(2)15-16(12,13)7(8,9)10;;/h13,18H,4-12,14-15H2,1-3H3,(H,20,21)(H,22,23);14H,4-13H2,1-3H3;12H,3-11,13H2,1-2H3;12,15H,3-11,13H2,1-2H3;4H,3H2,1-2H3;2*1H/b16-13+;15-14+;2*14-12+;5-4+;;/t18-;;;;;;/m0....../s1. The lowest BCUT2D eigenvalue weighted by molar-refractivity contribution is -0.141. The fourth-order valence-electron chi connectivity index (χ4n) is 8.60. The molecule has 1 atom stereocenters. The second kappa shape index (κ2) is 72.9. The number of carbonyl (C=O) groups excluding carboxylic acids is 3. The fraction of sp³-hybridized carbons (Fsp3) is 0.800. The van der Waals surface area contributed by atoms with Crippen molar-refractivity contribution in [3.63, 3.8) is 0 Å². The first-order valence-corrected chi connectivity index (χ1v) is 36.9. The highest BCUT2D eigenvalue weighted by Gasteiger charge is 2.48. The number of aliphatic hydroxyl groups is 1. The van der Waals surface area contributed by atoms with E-state index < -0.39 is 39.4 Å². The molecule has 3 N–H and O–H groups in total. The normalized spacial score (nSPS) is 12.3. The number of aliphatic carboxylic acids is 1. The molecule has 0 aromatic carbocycles. The Hall–Kier alpha value is -2.55. The van der Waals surface area contributed by atoms with E-state index in [1.807, 2.05) is 19.9 Å². The first-order chi connectivity index (χ1) is 41.9. The number of unbranched alkanes of at least 4 members (excludes halogenated alkanes) is 28. The molecule has 0 spiro atoms. The van der Waals surface area contributed by atoms with Crippen molar-refractivity contribution >= 4 is 81.3 Å². The molecule has 0 aliphatic carbocycles. The van der Waals surface area contributed by atoms with Gasteiger partial charge < -0.3 is 29.2 Å². The molecule has 0 aliphatic rings. The van der Waals surface area contributed by atoms with Gasteiger partial charge in [0.05, 0.1) is 25.9 Å². The van der Waals surface area contributed by atoms with Crippen LogP contribution in [0.15, 0.2) is 58.4 Å². The number of halogens is 5. The van der Waals surface area contributed by atoms with Gasteiger partial charge in [-0.2, -0.15) is 33.4 Å². The molecule has 12 nitrogen and oxygen atoms in total. The zero-order chi connectivity index (χ0) is 67.5. The number of carbonyl (C=O) groups is 4. The van der Waals surface area contributed by atoms with Gasteiger partial charge in [0.2, 0.25) is 5.91 Å². The van der Waals surface area contributed by atoms with E-state index in [2.05, 4.69) is 74.9 Å². The molecular weight excluding hydrogens is 1310 g/mol. The summed E-state index contributed by atoms with van der Waals surface area (Å²) in [5.74, 6) is -1.32. The number of allylic oxidation sites excluding steroid dienone is 6. The summed E-state index contributed by atoms with van der Waals surface area (Å²) in [6.45, 7) is 23.7. The Bertz CT molecular complexity index is 1900. The molecule has 0 rings (SSSR count). The van der Waals surface area contributed by atoms with E-state index in [9.17, 15) is 40.8 Å². The summed E-state index contributed by atoms with van der Waals surface area (Å²) in [5, 5.41) is 20.2. The van der Waals surface area contributed by atoms with Gasteiger partial charge in [0.25, 0.3) is 0 Å². The van der Waals surface area contributed by atoms with Gasteiger partial charge in [0.15, 0.2) is 0 Å². The number of hydrogen-bond acceptors (Lipinski definition) is 11. The van der Waals surface area contributed by atoms with Crippen LogP contribution in [-0.2, 0) is 43.0 Å². The Morgan fingerprint density at radius 1 is 0.517 bits per heavy atom. The van der Waals surface area contributed by atoms with Crippen molar-refractivity contribution in [1.29, 1.82) is 0 Å². The summed E-state index contributed by atoms with van der Waals surface area (Å²) in [5.41, 5.74) is -0.227. The second-order valence-corrected chi connectivity index (χ2v) is 25.7. The minimum Gasteiger partial charge on any atom is -0.480 e. The molecule has 1 amide bonds. The first-order valence-electron chi connectivity index (χ1n) is 33.8. The monoisotopic (exact) mass is 1450 g/mol. The number of rotatable bonds is 50. The smallest absolute Gasteiger partial charge is 0.480 e. The first kappa shape index (κ1) is 97.5. The zero-order valence-corrected chi connectivity index (χ0v) is 62.7. The number of amides is 1. The van der Waals surface area contributed by atoms with Crippen molar-refractivity contribution < 1.29 is 66.1 Å². The van der Waals surface area contributed by atoms with Gasteiger partial charge in [-0.25, -0.2) is 14.4 Å². The van der Waals surface area contributed by atoms with Gasteiger partial charge in [0.1, 0.15) is 11.8 Å². The molecule has 0 heterocycles. The van der Waals surface area contributed by atoms with Gasteiger partial charge in [-0.15, -0.1) is 35.6 Å². The number of ether oxygens (including phenoxy) is 2. The molecule has 0 aliphatic heterocycles. The number of thioether (sulfide) groups is 1. The maximum Gasteiger partial charge on any atom is 0.534 e. The molecule has 19 heteroatoms. The van der Waals surface area contributed by atoms with Crippen molar-refractivity contribution in [3.05, 3.63) is 58.4 Å². The number of hydrogen-bond donors (Lipinski definition) is 3. The average Bonchev–Trinajstić information content (AvgIpc) is 3.47. The van der Waals surface area contributed by atoms with E-state index in [1.54, 1.807) is 17.8 Å². The Labute approximate surface area is 570 Å². The molecule has 0 radical (unpaired) electrons. The highest BCUT2D eigenvalue weighted by molar-refractivity contribution is 14.0. The van der Waals surface area contributed by atoms with E-state index in [0.29, 0.717) is 24.3 Å². The summed E-state index contributed by atoms with van der Waals surface area (Å²) in [6.07, 6.45) is 56.4. The molecule has 0 saturated carbocycles. The Morgan fingerprint density at radius 3 is 1.13 bits per heavy atom. The van der Waals surface area contributed by atoms with E-state index in [0.717, 1.165) is 37.5 Å². The fourth-order valence-corrected chi connectivity index (χ4v) is 10.4. The number of carboxylic acid groups (broad SMARTS) is 1. The van der Waals surface area contributed by atoms with Crippen LogP contribution in [0.1, 0.15) is 316 Å².